The zero-order chi connectivity index (χ0) is 12.1. The molecule has 0 aliphatic rings. The molecule has 1 aromatic heterocycles. The molecule has 0 bridgehead atoms. The summed E-state index contributed by atoms with van der Waals surface area (Å²) in [6.07, 6.45) is 2.10. The topological polar surface area (TPSA) is 24.9 Å². The van der Waals surface area contributed by atoms with Crippen molar-refractivity contribution in [3.8, 4) is 0 Å². The van der Waals surface area contributed by atoms with Gasteiger partial charge in [-0.05, 0) is 30.9 Å². The maximum atomic E-state index is 4.24. The summed E-state index contributed by atoms with van der Waals surface area (Å²) >= 11 is 3.49. The van der Waals surface area contributed by atoms with Crippen LogP contribution in [0.1, 0.15) is 16.1 Å². The molecule has 0 fully saturated rings. The van der Waals surface area contributed by atoms with E-state index in [0.717, 1.165) is 18.8 Å². The van der Waals surface area contributed by atoms with E-state index in [0.29, 0.717) is 0 Å². The van der Waals surface area contributed by atoms with Gasteiger partial charge in [0.2, 0.25) is 0 Å². The van der Waals surface area contributed by atoms with E-state index < -0.39 is 0 Å². The fourth-order valence-electron chi connectivity index (χ4n) is 1.56. The first-order valence-electron chi connectivity index (χ1n) is 5.52. The Kier molecular flexibility index (Phi) is 4.59. The molecule has 0 unspecified atom stereocenters. The average molecular weight is 264 g/mol. The Hall–Kier alpha value is -0.840. The van der Waals surface area contributed by atoms with Crippen LogP contribution in [0.2, 0.25) is 0 Å². The van der Waals surface area contributed by atoms with Gasteiger partial charge in [-0.1, -0.05) is 12.1 Å². The Morgan fingerprint density at radius 1 is 1.24 bits per heavy atom. The summed E-state index contributed by atoms with van der Waals surface area (Å²) in [4.78, 5) is 6.88. The van der Waals surface area contributed by atoms with Crippen LogP contribution >= 0.6 is 23.1 Å². The molecule has 0 aliphatic heterocycles. The number of aryl methyl sites for hydroxylation is 1. The van der Waals surface area contributed by atoms with Gasteiger partial charge in [0.25, 0.3) is 0 Å². The molecule has 0 saturated carbocycles. The number of aromatic nitrogens is 1. The molecule has 2 nitrogen and oxygen atoms in total. The molecule has 0 spiro atoms. The highest BCUT2D eigenvalue weighted by atomic mass is 32.2. The van der Waals surface area contributed by atoms with Crippen molar-refractivity contribution in [3.63, 3.8) is 0 Å². The lowest BCUT2D eigenvalue weighted by atomic mass is 10.2. The molecule has 4 heteroatoms. The zero-order valence-electron chi connectivity index (χ0n) is 10.1. The number of benzene rings is 1. The van der Waals surface area contributed by atoms with E-state index in [2.05, 4.69) is 47.7 Å². The average Bonchev–Trinajstić information content (AvgIpc) is 2.76. The van der Waals surface area contributed by atoms with Crippen molar-refractivity contribution in [2.45, 2.75) is 24.9 Å². The Morgan fingerprint density at radius 2 is 2.00 bits per heavy atom. The van der Waals surface area contributed by atoms with E-state index in [4.69, 9.17) is 0 Å². The monoisotopic (exact) mass is 264 g/mol. The number of nitrogens with one attached hydrogen (secondary N) is 1. The summed E-state index contributed by atoms with van der Waals surface area (Å²) in [6, 6.07) is 8.69. The zero-order valence-corrected chi connectivity index (χ0v) is 11.7. The second kappa shape index (κ2) is 6.19. The first kappa shape index (κ1) is 12.6. The third-order valence-corrected chi connectivity index (χ3v) is 4.30. The first-order valence-corrected chi connectivity index (χ1v) is 7.62. The lowest BCUT2D eigenvalue weighted by molar-refractivity contribution is 0.697. The normalized spacial score (nSPS) is 10.7. The summed E-state index contributed by atoms with van der Waals surface area (Å²) in [5, 5.41) is 3.45. The molecule has 1 heterocycles. The molecule has 90 valence electrons. The van der Waals surface area contributed by atoms with Gasteiger partial charge in [-0.3, -0.25) is 0 Å². The number of thioether (sulfide) groups is 1. The van der Waals surface area contributed by atoms with Gasteiger partial charge in [-0.2, -0.15) is 0 Å². The van der Waals surface area contributed by atoms with Crippen LogP contribution in [-0.4, -0.2) is 11.2 Å². The number of nitrogens with zero attached hydrogens (tertiary/aromatic N) is 1. The maximum Gasteiger partial charge on any atom is 0.0798 e. The van der Waals surface area contributed by atoms with Gasteiger partial charge >= 0.3 is 0 Å². The van der Waals surface area contributed by atoms with Crippen LogP contribution in [-0.2, 0) is 13.1 Å². The third kappa shape index (κ3) is 3.56. The molecule has 1 aromatic carbocycles. The second-order valence-electron chi connectivity index (χ2n) is 3.81. The molecule has 0 atom stereocenters. The Bertz CT molecular complexity index is 463. The van der Waals surface area contributed by atoms with Gasteiger partial charge in [0.05, 0.1) is 11.2 Å². The molecular weight excluding hydrogens is 248 g/mol. The van der Waals surface area contributed by atoms with Crippen LogP contribution in [0.25, 0.3) is 0 Å². The number of hydrogen-bond donors (Lipinski definition) is 1. The van der Waals surface area contributed by atoms with Crippen LogP contribution in [0, 0.1) is 6.92 Å². The van der Waals surface area contributed by atoms with E-state index in [1.807, 2.05) is 5.51 Å². The Balaban J connectivity index is 1.83. The quantitative estimate of drug-likeness (QED) is 0.837. The molecule has 0 amide bonds. The van der Waals surface area contributed by atoms with Gasteiger partial charge in [-0.25, -0.2) is 4.98 Å². The van der Waals surface area contributed by atoms with Crippen molar-refractivity contribution < 1.29 is 0 Å². The van der Waals surface area contributed by atoms with Gasteiger partial charge in [0.1, 0.15) is 0 Å². The van der Waals surface area contributed by atoms with Crippen LogP contribution in [0.15, 0.2) is 34.7 Å². The fourth-order valence-corrected chi connectivity index (χ4v) is 2.71. The van der Waals surface area contributed by atoms with Gasteiger partial charge in [0, 0.05) is 22.9 Å². The number of rotatable bonds is 5. The van der Waals surface area contributed by atoms with E-state index in [1.165, 1.54) is 15.3 Å². The molecule has 1 N–H and O–H groups in total. The van der Waals surface area contributed by atoms with Crippen molar-refractivity contribution >= 4 is 23.1 Å². The highest BCUT2D eigenvalue weighted by molar-refractivity contribution is 7.98. The smallest absolute Gasteiger partial charge is 0.0798 e. The SMILES string of the molecule is CSc1ccc(CNCc2scnc2C)cc1. The summed E-state index contributed by atoms with van der Waals surface area (Å²) < 4.78 is 0. The van der Waals surface area contributed by atoms with E-state index in [9.17, 15) is 0 Å². The lowest BCUT2D eigenvalue weighted by Crippen LogP contribution is -2.12. The summed E-state index contributed by atoms with van der Waals surface area (Å²) in [6.45, 7) is 3.87. The molecule has 0 saturated heterocycles. The number of thiazole rings is 1. The molecule has 2 rings (SSSR count). The van der Waals surface area contributed by atoms with Crippen molar-refractivity contribution in [3.05, 3.63) is 45.9 Å². The Morgan fingerprint density at radius 3 is 2.59 bits per heavy atom. The Labute approximate surface area is 110 Å². The van der Waals surface area contributed by atoms with Gasteiger partial charge < -0.3 is 5.32 Å². The van der Waals surface area contributed by atoms with E-state index in [1.54, 1.807) is 23.1 Å². The molecule has 0 aliphatic carbocycles. The van der Waals surface area contributed by atoms with Crippen molar-refractivity contribution in [2.24, 2.45) is 0 Å². The van der Waals surface area contributed by atoms with E-state index in [-0.39, 0.29) is 0 Å². The largest absolute Gasteiger partial charge is 0.308 e. The van der Waals surface area contributed by atoms with Crippen LogP contribution in [0.3, 0.4) is 0 Å². The summed E-state index contributed by atoms with van der Waals surface area (Å²) in [5.41, 5.74) is 4.37. The highest BCUT2D eigenvalue weighted by Gasteiger charge is 2.00. The summed E-state index contributed by atoms with van der Waals surface area (Å²) in [5.74, 6) is 0. The first-order chi connectivity index (χ1) is 8.29. The minimum Gasteiger partial charge on any atom is -0.308 e. The van der Waals surface area contributed by atoms with Gasteiger partial charge in [-0.15, -0.1) is 23.1 Å². The standard InChI is InChI=1S/C13H16N2S2/c1-10-13(17-9-15-10)8-14-7-11-3-5-12(16-2)6-4-11/h3-6,9,14H,7-8H2,1-2H3. The highest BCUT2D eigenvalue weighted by Crippen LogP contribution is 2.15. The lowest BCUT2D eigenvalue weighted by Gasteiger charge is -2.04. The van der Waals surface area contributed by atoms with Crippen LogP contribution < -0.4 is 5.32 Å². The summed E-state index contributed by atoms with van der Waals surface area (Å²) in [7, 11) is 0. The maximum absolute atomic E-state index is 4.24. The van der Waals surface area contributed by atoms with Crippen LogP contribution in [0.4, 0.5) is 0 Å². The van der Waals surface area contributed by atoms with Gasteiger partial charge in [0.15, 0.2) is 0 Å². The van der Waals surface area contributed by atoms with Crippen LogP contribution in [0.5, 0.6) is 0 Å². The van der Waals surface area contributed by atoms with Crippen molar-refractivity contribution in [1.29, 1.82) is 0 Å². The van der Waals surface area contributed by atoms with Crippen molar-refractivity contribution in [2.75, 3.05) is 6.26 Å². The minimum absolute atomic E-state index is 0.904. The molecule has 0 radical (unpaired) electrons. The molecule has 2 aromatic rings. The second-order valence-corrected chi connectivity index (χ2v) is 5.63. The number of hydrogen-bond acceptors (Lipinski definition) is 4. The third-order valence-electron chi connectivity index (χ3n) is 2.62. The predicted octanol–water partition coefficient (Wildman–Crippen LogP) is 3.46. The molecular formula is C13H16N2S2. The van der Waals surface area contributed by atoms with Crippen molar-refractivity contribution in [1.82, 2.24) is 10.3 Å². The van der Waals surface area contributed by atoms with E-state index >= 15 is 0 Å². The fraction of sp³-hybridized carbons (Fsp3) is 0.308. The minimum atomic E-state index is 0.904. The molecule has 17 heavy (non-hydrogen) atoms. The predicted molar refractivity (Wildman–Crippen MR) is 75.6 cm³/mol.